The molecule has 0 saturated carbocycles. The summed E-state index contributed by atoms with van der Waals surface area (Å²) in [5, 5.41) is 1.13. The highest BCUT2D eigenvalue weighted by atomic mass is 35.5. The number of ether oxygens (including phenoxy) is 1. The minimum atomic E-state index is 0.545. The van der Waals surface area contributed by atoms with Crippen molar-refractivity contribution in [1.29, 1.82) is 0 Å². The van der Waals surface area contributed by atoms with Crippen LogP contribution in [0.2, 0.25) is 10.0 Å². The second-order valence-electron chi connectivity index (χ2n) is 6.57. The van der Waals surface area contributed by atoms with E-state index in [9.17, 15) is 0 Å². The van der Waals surface area contributed by atoms with E-state index in [0.717, 1.165) is 49.1 Å². The maximum atomic E-state index is 6.27. The lowest BCUT2D eigenvalue weighted by molar-refractivity contribution is 0.226. The lowest BCUT2D eigenvalue weighted by Gasteiger charge is -2.35. The molecule has 0 atom stereocenters. The molecule has 4 rings (SSSR count). The number of anilines is 1. The van der Waals surface area contributed by atoms with Gasteiger partial charge < -0.3 is 14.1 Å². The number of nitrogens with zero attached hydrogens (tertiary/aromatic N) is 4. The largest absolute Gasteiger partial charge is 0.497 e. The third-order valence-electron chi connectivity index (χ3n) is 4.75. The number of pyridine rings is 1. The van der Waals surface area contributed by atoms with Crippen LogP contribution >= 0.6 is 23.2 Å². The second kappa shape index (κ2) is 8.39. The molecule has 1 aliphatic rings. The van der Waals surface area contributed by atoms with Gasteiger partial charge in [0, 0.05) is 37.9 Å². The number of aromatic nitrogens is 2. The average Bonchev–Trinajstić information content (AvgIpc) is 3.17. The highest BCUT2D eigenvalue weighted by molar-refractivity contribution is 6.36. The van der Waals surface area contributed by atoms with E-state index in [1.807, 2.05) is 24.3 Å². The molecule has 6 nitrogen and oxygen atoms in total. The number of hydrogen-bond acceptors (Lipinski definition) is 6. The number of methoxy groups -OCH3 is 1. The summed E-state index contributed by atoms with van der Waals surface area (Å²) in [5.74, 6) is 3.07. The Labute approximate surface area is 173 Å². The number of rotatable bonds is 5. The van der Waals surface area contributed by atoms with Crippen molar-refractivity contribution in [2.24, 2.45) is 0 Å². The first-order valence-corrected chi connectivity index (χ1v) is 9.75. The predicted molar refractivity (Wildman–Crippen MR) is 110 cm³/mol. The molecule has 28 heavy (non-hydrogen) atoms. The van der Waals surface area contributed by atoms with Gasteiger partial charge in [-0.3, -0.25) is 4.90 Å². The number of benzene rings is 1. The minimum absolute atomic E-state index is 0.545. The Morgan fingerprint density at radius 2 is 1.79 bits per heavy atom. The zero-order chi connectivity index (χ0) is 19.5. The molecule has 8 heteroatoms. The maximum absolute atomic E-state index is 6.27. The van der Waals surface area contributed by atoms with Crippen LogP contribution in [0.3, 0.4) is 0 Å². The summed E-state index contributed by atoms with van der Waals surface area (Å²) in [4.78, 5) is 13.3. The summed E-state index contributed by atoms with van der Waals surface area (Å²) in [5.41, 5.74) is 0.979. The molecular formula is C20H20Cl2N4O2. The van der Waals surface area contributed by atoms with Crippen molar-refractivity contribution in [3.05, 3.63) is 58.7 Å². The van der Waals surface area contributed by atoms with Gasteiger partial charge in [0.2, 0.25) is 5.89 Å². The van der Waals surface area contributed by atoms with E-state index in [1.165, 1.54) is 0 Å². The van der Waals surface area contributed by atoms with Gasteiger partial charge in [-0.2, -0.15) is 0 Å². The molecule has 1 aliphatic heterocycles. The molecule has 2 aromatic heterocycles. The zero-order valence-corrected chi connectivity index (χ0v) is 17.0. The van der Waals surface area contributed by atoms with Crippen LogP contribution in [0.5, 0.6) is 5.75 Å². The van der Waals surface area contributed by atoms with E-state index in [0.29, 0.717) is 22.5 Å². The second-order valence-corrected chi connectivity index (χ2v) is 7.41. The van der Waals surface area contributed by atoms with Crippen molar-refractivity contribution in [3.8, 4) is 17.1 Å². The summed E-state index contributed by atoms with van der Waals surface area (Å²) in [6.07, 6.45) is 3.40. The lowest BCUT2D eigenvalue weighted by atomic mass is 10.2. The third kappa shape index (κ3) is 4.24. The molecule has 0 aliphatic carbocycles. The fraction of sp³-hybridized carbons (Fsp3) is 0.300. The molecular weight excluding hydrogens is 399 g/mol. The van der Waals surface area contributed by atoms with E-state index < -0.39 is 0 Å². The van der Waals surface area contributed by atoms with Crippen molar-refractivity contribution in [3.63, 3.8) is 0 Å². The molecule has 1 saturated heterocycles. The Balaban J connectivity index is 1.35. The van der Waals surface area contributed by atoms with Gasteiger partial charge in [-0.25, -0.2) is 9.97 Å². The van der Waals surface area contributed by atoms with Crippen molar-refractivity contribution in [2.45, 2.75) is 6.54 Å². The van der Waals surface area contributed by atoms with Gasteiger partial charge in [0.05, 0.1) is 29.9 Å². The SMILES string of the molecule is COc1ccc(-c2cnc(CN3CCN(c4ncc(Cl)cc4Cl)CC3)o2)cc1. The van der Waals surface area contributed by atoms with Crippen LogP contribution in [-0.2, 0) is 6.54 Å². The van der Waals surface area contributed by atoms with Crippen molar-refractivity contribution in [2.75, 3.05) is 38.2 Å². The molecule has 0 bridgehead atoms. The standard InChI is InChI=1S/C20H20Cl2N4O2/c1-27-16-4-2-14(3-5-16)18-12-23-19(28-18)13-25-6-8-26(9-7-25)20-17(22)10-15(21)11-24-20/h2-5,10-12H,6-9,13H2,1H3. The van der Waals surface area contributed by atoms with Crippen molar-refractivity contribution in [1.82, 2.24) is 14.9 Å². The summed E-state index contributed by atoms with van der Waals surface area (Å²) in [6.45, 7) is 4.09. The topological polar surface area (TPSA) is 54.6 Å². The Kier molecular flexibility index (Phi) is 5.71. The highest BCUT2D eigenvalue weighted by Gasteiger charge is 2.21. The van der Waals surface area contributed by atoms with Crippen molar-refractivity contribution >= 4 is 29.0 Å². The van der Waals surface area contributed by atoms with Gasteiger partial charge in [-0.15, -0.1) is 0 Å². The molecule has 146 valence electrons. The van der Waals surface area contributed by atoms with Crippen LogP contribution in [-0.4, -0.2) is 48.2 Å². The van der Waals surface area contributed by atoms with E-state index in [1.54, 1.807) is 25.6 Å². The van der Waals surface area contributed by atoms with Gasteiger partial charge in [0.15, 0.2) is 5.76 Å². The average molecular weight is 419 g/mol. The molecule has 0 radical (unpaired) electrons. The van der Waals surface area contributed by atoms with Gasteiger partial charge in [0.1, 0.15) is 11.6 Å². The first-order chi connectivity index (χ1) is 13.6. The Hall–Kier alpha value is -2.28. The van der Waals surface area contributed by atoms with Gasteiger partial charge >= 0.3 is 0 Å². The molecule has 3 aromatic rings. The zero-order valence-electron chi connectivity index (χ0n) is 15.4. The Morgan fingerprint density at radius 1 is 1.04 bits per heavy atom. The highest BCUT2D eigenvalue weighted by Crippen LogP contribution is 2.27. The maximum Gasteiger partial charge on any atom is 0.209 e. The van der Waals surface area contributed by atoms with Crippen LogP contribution in [0.15, 0.2) is 47.1 Å². The fourth-order valence-corrected chi connectivity index (χ4v) is 3.72. The first-order valence-electron chi connectivity index (χ1n) is 9.00. The molecule has 1 aromatic carbocycles. The summed E-state index contributed by atoms with van der Waals surface area (Å²) >= 11 is 12.2. The minimum Gasteiger partial charge on any atom is -0.497 e. The Morgan fingerprint density at radius 3 is 2.46 bits per heavy atom. The quantitative estimate of drug-likeness (QED) is 0.612. The molecule has 0 spiro atoms. The number of oxazole rings is 1. The van der Waals surface area contributed by atoms with Crippen molar-refractivity contribution < 1.29 is 9.15 Å². The lowest BCUT2D eigenvalue weighted by Crippen LogP contribution is -2.46. The molecule has 0 N–H and O–H groups in total. The van der Waals surface area contributed by atoms with Crippen LogP contribution in [0.25, 0.3) is 11.3 Å². The monoisotopic (exact) mass is 418 g/mol. The van der Waals surface area contributed by atoms with E-state index in [4.69, 9.17) is 32.4 Å². The van der Waals surface area contributed by atoms with Gasteiger partial charge in [-0.1, -0.05) is 23.2 Å². The number of hydrogen-bond donors (Lipinski definition) is 0. The third-order valence-corrected chi connectivity index (χ3v) is 5.23. The summed E-state index contributed by atoms with van der Waals surface area (Å²) < 4.78 is 11.1. The number of halogens is 2. The molecule has 3 heterocycles. The van der Waals surface area contributed by atoms with Crippen LogP contribution in [0, 0.1) is 0 Å². The molecule has 0 amide bonds. The summed E-state index contributed by atoms with van der Waals surface area (Å²) in [7, 11) is 1.65. The van der Waals surface area contributed by atoms with E-state index >= 15 is 0 Å². The van der Waals surface area contributed by atoms with E-state index in [2.05, 4.69) is 19.8 Å². The number of piperazine rings is 1. The first kappa shape index (κ1) is 19.1. The summed E-state index contributed by atoms with van der Waals surface area (Å²) in [6, 6.07) is 9.47. The predicted octanol–water partition coefficient (Wildman–Crippen LogP) is 4.37. The van der Waals surface area contributed by atoms with Gasteiger partial charge in [-0.05, 0) is 30.3 Å². The van der Waals surface area contributed by atoms with Crippen LogP contribution < -0.4 is 9.64 Å². The van der Waals surface area contributed by atoms with Crippen LogP contribution in [0.1, 0.15) is 5.89 Å². The fourth-order valence-electron chi connectivity index (χ4n) is 3.22. The normalized spacial score (nSPS) is 15.0. The molecule has 0 unspecified atom stereocenters. The van der Waals surface area contributed by atoms with Crippen LogP contribution in [0.4, 0.5) is 5.82 Å². The smallest absolute Gasteiger partial charge is 0.209 e. The molecule has 1 fully saturated rings. The Bertz CT molecular complexity index is 938. The van der Waals surface area contributed by atoms with E-state index in [-0.39, 0.29) is 0 Å². The van der Waals surface area contributed by atoms with Gasteiger partial charge in [0.25, 0.3) is 0 Å².